The minimum atomic E-state index is -4.32. The Morgan fingerprint density at radius 2 is 1.51 bits per heavy atom. The van der Waals surface area contributed by atoms with Crippen molar-refractivity contribution >= 4 is 19.8 Å². The summed E-state index contributed by atoms with van der Waals surface area (Å²) in [4.78, 5) is 33.2. The Balaban J connectivity index is 4.18. The molecule has 10 heteroatoms. The third-order valence-corrected chi connectivity index (χ3v) is 6.09. The molecular weight excluding hydrogens is 473 g/mol. The van der Waals surface area contributed by atoms with E-state index in [-0.39, 0.29) is 19.6 Å². The summed E-state index contributed by atoms with van der Waals surface area (Å²) >= 11 is 0. The number of unbranched alkanes of at least 4 members (excludes halogenated alkanes) is 8. The number of rotatable bonds is 22. The molecule has 206 valence electrons. The van der Waals surface area contributed by atoms with Crippen LogP contribution in [0.1, 0.15) is 84.5 Å². The Bertz CT molecular complexity index is 648. The number of carbonyl (C=O) groups is 2. The molecule has 0 saturated heterocycles. The molecule has 0 bridgehead atoms. The molecule has 0 aliphatic rings. The summed E-state index contributed by atoms with van der Waals surface area (Å²) in [5.74, 6) is -1.01. The number of hydrogen-bond donors (Lipinski definition) is 1. The summed E-state index contributed by atoms with van der Waals surface area (Å²) in [5.41, 5.74) is 0. The average molecular weight is 523 g/mol. The molecule has 0 aliphatic carbocycles. The molecular formula is C25H49NO8P+. The third-order valence-electron chi connectivity index (χ3n) is 5.10. The highest BCUT2D eigenvalue weighted by molar-refractivity contribution is 7.47. The van der Waals surface area contributed by atoms with E-state index in [2.05, 4.69) is 19.1 Å². The maximum atomic E-state index is 12.2. The van der Waals surface area contributed by atoms with Gasteiger partial charge < -0.3 is 18.9 Å². The van der Waals surface area contributed by atoms with Crippen LogP contribution in [0.5, 0.6) is 0 Å². The number of quaternary nitrogens is 1. The van der Waals surface area contributed by atoms with E-state index in [4.69, 9.17) is 18.5 Å². The lowest BCUT2D eigenvalue weighted by Gasteiger charge is -2.24. The van der Waals surface area contributed by atoms with Gasteiger partial charge in [-0.3, -0.25) is 18.6 Å². The van der Waals surface area contributed by atoms with E-state index in [0.717, 1.165) is 32.1 Å². The second-order valence-electron chi connectivity index (χ2n) is 9.80. The Hall–Kier alpha value is -1.25. The first-order chi connectivity index (χ1) is 16.4. The van der Waals surface area contributed by atoms with Gasteiger partial charge in [0.15, 0.2) is 6.10 Å². The smallest absolute Gasteiger partial charge is 0.462 e. The molecule has 1 N–H and O–H groups in total. The van der Waals surface area contributed by atoms with Gasteiger partial charge >= 0.3 is 19.8 Å². The molecule has 0 amide bonds. The minimum Gasteiger partial charge on any atom is -0.462 e. The van der Waals surface area contributed by atoms with Crippen LogP contribution in [0.15, 0.2) is 12.2 Å². The van der Waals surface area contributed by atoms with Crippen LogP contribution in [0.2, 0.25) is 0 Å². The van der Waals surface area contributed by atoms with Crippen molar-refractivity contribution in [1.82, 2.24) is 0 Å². The topological polar surface area (TPSA) is 108 Å². The van der Waals surface area contributed by atoms with E-state index in [1.165, 1.54) is 32.6 Å². The number of likely N-dealkylation sites (N-methyl/N-ethyl adjacent to an activating group) is 1. The Morgan fingerprint density at radius 3 is 2.11 bits per heavy atom. The quantitative estimate of drug-likeness (QED) is 0.0682. The summed E-state index contributed by atoms with van der Waals surface area (Å²) in [5, 5.41) is 0. The van der Waals surface area contributed by atoms with Crippen molar-refractivity contribution in [2.45, 2.75) is 90.6 Å². The van der Waals surface area contributed by atoms with Gasteiger partial charge in [-0.2, -0.15) is 0 Å². The summed E-state index contributed by atoms with van der Waals surface area (Å²) in [7, 11) is 1.46. The molecule has 0 aromatic rings. The molecule has 0 heterocycles. The molecule has 2 atom stereocenters. The lowest BCUT2D eigenvalue weighted by molar-refractivity contribution is -0.870. The van der Waals surface area contributed by atoms with Crippen molar-refractivity contribution in [2.24, 2.45) is 0 Å². The van der Waals surface area contributed by atoms with Crippen LogP contribution in [-0.4, -0.2) is 74.9 Å². The molecule has 9 nitrogen and oxygen atoms in total. The number of phosphoric ester groups is 1. The van der Waals surface area contributed by atoms with E-state index in [1.807, 2.05) is 21.1 Å². The highest BCUT2D eigenvalue weighted by atomic mass is 31.2. The molecule has 0 radical (unpaired) electrons. The summed E-state index contributed by atoms with van der Waals surface area (Å²) in [6, 6.07) is 0. The van der Waals surface area contributed by atoms with Crippen molar-refractivity contribution in [3.8, 4) is 0 Å². The normalized spacial score (nSPS) is 14.6. The zero-order valence-corrected chi connectivity index (χ0v) is 23.4. The first-order valence-corrected chi connectivity index (χ1v) is 14.3. The van der Waals surface area contributed by atoms with Crippen LogP contribution in [0.25, 0.3) is 0 Å². The molecule has 35 heavy (non-hydrogen) atoms. The number of hydrogen-bond acceptors (Lipinski definition) is 7. The van der Waals surface area contributed by atoms with Crippen molar-refractivity contribution in [3.63, 3.8) is 0 Å². The molecule has 0 aromatic heterocycles. The van der Waals surface area contributed by atoms with Crippen LogP contribution in [0.3, 0.4) is 0 Å². The monoisotopic (exact) mass is 522 g/mol. The van der Waals surface area contributed by atoms with E-state index >= 15 is 0 Å². The van der Waals surface area contributed by atoms with Gasteiger partial charge in [-0.05, 0) is 32.1 Å². The fraction of sp³-hybridized carbons (Fsp3) is 0.840. The zero-order chi connectivity index (χ0) is 26.6. The van der Waals surface area contributed by atoms with Crippen LogP contribution >= 0.6 is 7.82 Å². The Morgan fingerprint density at radius 1 is 0.914 bits per heavy atom. The molecule has 0 fully saturated rings. The Labute approximate surface area is 212 Å². The van der Waals surface area contributed by atoms with Crippen LogP contribution < -0.4 is 0 Å². The maximum absolute atomic E-state index is 12.2. The Kier molecular flexibility index (Phi) is 19.2. The fourth-order valence-corrected chi connectivity index (χ4v) is 3.77. The van der Waals surface area contributed by atoms with E-state index in [1.54, 1.807) is 0 Å². The van der Waals surface area contributed by atoms with Gasteiger partial charge in [-0.1, -0.05) is 51.2 Å². The summed E-state index contributed by atoms with van der Waals surface area (Å²) < 4.78 is 32.8. The summed E-state index contributed by atoms with van der Waals surface area (Å²) in [6.45, 7) is 3.30. The molecule has 0 aromatic carbocycles. The van der Waals surface area contributed by atoms with E-state index in [0.29, 0.717) is 17.4 Å². The maximum Gasteiger partial charge on any atom is 0.472 e. The standard InChI is InChI=1S/C25H48NO8P/c1-6-7-8-9-10-11-12-13-14-15-16-17-18-25(28)34-24(21-31-23(2)27)22-33-35(29,30)32-20-19-26(3,4)5/h10-11,24H,6-9,12-22H2,1-5H3/p+1/b11-10+/t24-/m0/s1. The van der Waals surface area contributed by atoms with Crippen molar-refractivity contribution in [3.05, 3.63) is 12.2 Å². The van der Waals surface area contributed by atoms with Crippen molar-refractivity contribution < 1.29 is 42.1 Å². The predicted molar refractivity (Wildman–Crippen MR) is 137 cm³/mol. The first kappa shape index (κ1) is 33.8. The number of allylic oxidation sites excluding steroid dienone is 2. The number of ether oxygens (including phenoxy) is 2. The predicted octanol–water partition coefficient (Wildman–Crippen LogP) is 5.17. The highest BCUT2D eigenvalue weighted by Gasteiger charge is 2.26. The second-order valence-corrected chi connectivity index (χ2v) is 11.3. The van der Waals surface area contributed by atoms with Gasteiger partial charge in [0, 0.05) is 13.3 Å². The highest BCUT2D eigenvalue weighted by Crippen LogP contribution is 2.43. The molecule has 0 saturated carbocycles. The number of nitrogens with zero attached hydrogens (tertiary/aromatic N) is 1. The lowest BCUT2D eigenvalue weighted by atomic mass is 10.1. The largest absolute Gasteiger partial charge is 0.472 e. The van der Waals surface area contributed by atoms with Crippen molar-refractivity contribution in [1.29, 1.82) is 0 Å². The van der Waals surface area contributed by atoms with Gasteiger partial charge in [0.1, 0.15) is 19.8 Å². The van der Waals surface area contributed by atoms with Crippen LogP contribution in [0.4, 0.5) is 0 Å². The number of esters is 2. The van der Waals surface area contributed by atoms with E-state index < -0.39 is 32.5 Å². The van der Waals surface area contributed by atoms with Gasteiger partial charge in [-0.25, -0.2) is 4.57 Å². The molecule has 0 rings (SSSR count). The van der Waals surface area contributed by atoms with Crippen LogP contribution in [-0.2, 0) is 32.7 Å². The van der Waals surface area contributed by atoms with Gasteiger partial charge in [0.2, 0.25) is 0 Å². The zero-order valence-electron chi connectivity index (χ0n) is 22.5. The first-order valence-electron chi connectivity index (χ1n) is 12.9. The molecule has 0 aliphatic heterocycles. The van der Waals surface area contributed by atoms with E-state index in [9.17, 15) is 19.0 Å². The lowest BCUT2D eigenvalue weighted by Crippen LogP contribution is -2.37. The summed E-state index contributed by atoms with van der Waals surface area (Å²) in [6.07, 6.45) is 14.8. The number of phosphoric acid groups is 1. The molecule has 0 spiro atoms. The van der Waals surface area contributed by atoms with Crippen molar-refractivity contribution in [2.75, 3.05) is 47.5 Å². The van der Waals surface area contributed by atoms with Gasteiger partial charge in [0.25, 0.3) is 0 Å². The van der Waals surface area contributed by atoms with Crippen LogP contribution in [0, 0.1) is 0 Å². The molecule has 1 unspecified atom stereocenters. The third kappa shape index (κ3) is 24.2. The van der Waals surface area contributed by atoms with Gasteiger partial charge in [0.05, 0.1) is 27.7 Å². The van der Waals surface area contributed by atoms with Gasteiger partial charge in [-0.15, -0.1) is 0 Å². The fourth-order valence-electron chi connectivity index (χ4n) is 3.03. The second kappa shape index (κ2) is 19.9. The number of carbonyl (C=O) groups excluding carboxylic acids is 2. The average Bonchev–Trinajstić information content (AvgIpc) is 2.75. The SMILES string of the molecule is CCCCC/C=C/CCCCCCCC(=O)O[C@@H](COC(C)=O)COP(=O)(O)OCC[N+](C)(C)C. The minimum absolute atomic E-state index is 0.0287.